The molecule has 2 aliphatic rings. The quantitative estimate of drug-likeness (QED) is 0.490. The van der Waals surface area contributed by atoms with Crippen LogP contribution in [0.25, 0.3) is 0 Å². The topological polar surface area (TPSA) is 93.3 Å². The number of anilines is 1. The predicted molar refractivity (Wildman–Crippen MR) is 121 cm³/mol. The number of fused-ring (bicyclic) bond motifs is 1. The fourth-order valence-corrected chi connectivity index (χ4v) is 4.90. The number of carbonyl (C=O) groups is 1. The molecule has 1 aliphatic carbocycles. The van der Waals surface area contributed by atoms with Gasteiger partial charge in [-0.1, -0.05) is 24.8 Å². The molecule has 2 N–H and O–H groups in total. The van der Waals surface area contributed by atoms with Gasteiger partial charge in [-0.15, -0.1) is 0 Å². The van der Waals surface area contributed by atoms with Gasteiger partial charge in [0.1, 0.15) is 5.82 Å². The fraction of sp³-hybridized carbons (Fsp3) is 0.435. The smallest absolute Gasteiger partial charge is 0.257 e. The first-order chi connectivity index (χ1) is 15.1. The number of Topliss-reactive ketones (excluding diaryl/α,β-unsaturated/α-hetero) is 1. The molecule has 8 heteroatoms. The Kier molecular flexibility index (Phi) is 6.36. The largest absolute Gasteiger partial charge is 0.493 e. The van der Waals surface area contributed by atoms with Crippen LogP contribution in [0.4, 0.5) is 5.82 Å². The van der Waals surface area contributed by atoms with Crippen molar-refractivity contribution in [3.05, 3.63) is 50.9 Å². The summed E-state index contributed by atoms with van der Waals surface area (Å²) >= 11 is 1.52. The van der Waals surface area contributed by atoms with Crippen molar-refractivity contribution in [1.29, 1.82) is 0 Å². The van der Waals surface area contributed by atoms with E-state index in [9.17, 15) is 9.59 Å². The van der Waals surface area contributed by atoms with Crippen molar-refractivity contribution >= 4 is 23.4 Å². The highest BCUT2D eigenvalue weighted by Gasteiger charge is 2.38. The van der Waals surface area contributed by atoms with E-state index in [-0.39, 0.29) is 11.3 Å². The SMILES string of the molecule is CCCSc1nc2c(c(=O)[nH]1)C(c1ccc(OCC)c(OC)c1)C1=C(CCCC1=O)N2. The number of hydrogen-bond donors (Lipinski definition) is 2. The van der Waals surface area contributed by atoms with Crippen molar-refractivity contribution in [2.45, 2.75) is 50.6 Å². The van der Waals surface area contributed by atoms with Gasteiger partial charge in [-0.25, -0.2) is 4.98 Å². The molecule has 1 atom stereocenters. The molecule has 0 spiro atoms. The number of hydrogen-bond acceptors (Lipinski definition) is 7. The first-order valence-electron chi connectivity index (χ1n) is 10.7. The van der Waals surface area contributed by atoms with Crippen molar-refractivity contribution in [2.24, 2.45) is 0 Å². The second-order valence-electron chi connectivity index (χ2n) is 7.55. The van der Waals surface area contributed by atoms with Crippen LogP contribution < -0.4 is 20.3 Å². The number of thioether (sulfide) groups is 1. The van der Waals surface area contributed by atoms with Crippen molar-refractivity contribution < 1.29 is 14.3 Å². The van der Waals surface area contributed by atoms with Crippen LogP contribution in [-0.2, 0) is 4.79 Å². The number of rotatable bonds is 7. The van der Waals surface area contributed by atoms with E-state index in [1.165, 1.54) is 11.8 Å². The van der Waals surface area contributed by atoms with Crippen LogP contribution in [-0.4, -0.2) is 35.2 Å². The first kappa shape index (κ1) is 21.5. The lowest BCUT2D eigenvalue weighted by Crippen LogP contribution is -2.32. The third kappa shape index (κ3) is 4.08. The van der Waals surface area contributed by atoms with Gasteiger partial charge in [-0.2, -0.15) is 0 Å². The number of aromatic nitrogens is 2. The molecule has 4 rings (SSSR count). The molecule has 0 saturated carbocycles. The molecule has 0 fully saturated rings. The summed E-state index contributed by atoms with van der Waals surface area (Å²) in [5.74, 6) is 2.18. The summed E-state index contributed by atoms with van der Waals surface area (Å²) in [5, 5.41) is 3.90. The molecule has 0 saturated heterocycles. The van der Waals surface area contributed by atoms with Crippen LogP contribution in [0.3, 0.4) is 0 Å². The summed E-state index contributed by atoms with van der Waals surface area (Å²) in [7, 11) is 1.58. The Bertz CT molecular complexity index is 1090. The number of H-pyrrole nitrogens is 1. The minimum absolute atomic E-state index is 0.0705. The Morgan fingerprint density at radius 3 is 2.77 bits per heavy atom. The lowest BCUT2D eigenvalue weighted by Gasteiger charge is -2.33. The van der Waals surface area contributed by atoms with E-state index in [1.54, 1.807) is 7.11 Å². The van der Waals surface area contributed by atoms with Gasteiger partial charge >= 0.3 is 0 Å². The molecule has 31 heavy (non-hydrogen) atoms. The molecule has 0 bridgehead atoms. The molecule has 2 heterocycles. The fourth-order valence-electron chi connectivity index (χ4n) is 4.18. The zero-order valence-corrected chi connectivity index (χ0v) is 18.9. The van der Waals surface area contributed by atoms with E-state index in [4.69, 9.17) is 9.47 Å². The third-order valence-corrected chi connectivity index (χ3v) is 6.58. The van der Waals surface area contributed by atoms with Crippen LogP contribution in [0.2, 0.25) is 0 Å². The second-order valence-corrected chi connectivity index (χ2v) is 8.64. The minimum Gasteiger partial charge on any atom is -0.493 e. The summed E-state index contributed by atoms with van der Waals surface area (Å²) in [6, 6.07) is 5.59. The lowest BCUT2D eigenvalue weighted by molar-refractivity contribution is -0.116. The lowest BCUT2D eigenvalue weighted by atomic mass is 9.76. The van der Waals surface area contributed by atoms with E-state index in [2.05, 4.69) is 22.2 Å². The Morgan fingerprint density at radius 1 is 1.19 bits per heavy atom. The molecule has 2 aromatic rings. The average Bonchev–Trinajstić information content (AvgIpc) is 2.77. The Hall–Kier alpha value is -2.74. The minimum atomic E-state index is -0.495. The highest BCUT2D eigenvalue weighted by Crippen LogP contribution is 2.45. The number of methoxy groups -OCH3 is 1. The monoisotopic (exact) mass is 441 g/mol. The number of ether oxygens (including phenoxy) is 2. The van der Waals surface area contributed by atoms with Gasteiger partial charge < -0.3 is 19.8 Å². The Labute approximate surface area is 185 Å². The van der Waals surface area contributed by atoms with Crippen molar-refractivity contribution in [3.8, 4) is 11.5 Å². The molecule has 0 radical (unpaired) electrons. The molecule has 7 nitrogen and oxygen atoms in total. The number of benzene rings is 1. The summed E-state index contributed by atoms with van der Waals surface area (Å²) in [5.41, 5.74) is 2.59. The zero-order chi connectivity index (χ0) is 22.0. The Balaban J connectivity index is 1.88. The number of ketones is 1. The third-order valence-electron chi connectivity index (χ3n) is 5.50. The molecular formula is C23H27N3O4S. The molecule has 164 valence electrons. The average molecular weight is 442 g/mol. The van der Waals surface area contributed by atoms with Gasteiger partial charge in [0.25, 0.3) is 5.56 Å². The summed E-state index contributed by atoms with van der Waals surface area (Å²) in [6.45, 7) is 4.51. The van der Waals surface area contributed by atoms with Crippen molar-refractivity contribution in [2.75, 3.05) is 24.8 Å². The molecule has 1 unspecified atom stereocenters. The maximum atomic E-state index is 13.2. The number of aromatic amines is 1. The summed E-state index contributed by atoms with van der Waals surface area (Å²) < 4.78 is 11.2. The van der Waals surface area contributed by atoms with Crippen molar-refractivity contribution in [1.82, 2.24) is 9.97 Å². The number of nitrogens with one attached hydrogen (secondary N) is 2. The highest BCUT2D eigenvalue weighted by atomic mass is 32.2. The van der Waals surface area contributed by atoms with E-state index in [1.807, 2.05) is 25.1 Å². The zero-order valence-electron chi connectivity index (χ0n) is 18.0. The van der Waals surface area contributed by atoms with Crippen LogP contribution in [0.5, 0.6) is 11.5 Å². The number of allylic oxidation sites excluding steroid dienone is 2. The van der Waals surface area contributed by atoms with Gasteiger partial charge in [0.05, 0.1) is 19.3 Å². The van der Waals surface area contributed by atoms with E-state index >= 15 is 0 Å². The van der Waals surface area contributed by atoms with Gasteiger partial charge in [0.2, 0.25) is 0 Å². The number of nitrogens with zero attached hydrogens (tertiary/aromatic N) is 1. The maximum absolute atomic E-state index is 13.2. The molecule has 1 aromatic heterocycles. The van der Waals surface area contributed by atoms with Gasteiger partial charge in [0.15, 0.2) is 22.4 Å². The summed E-state index contributed by atoms with van der Waals surface area (Å²) in [4.78, 5) is 33.8. The normalized spacial score (nSPS) is 17.6. The van der Waals surface area contributed by atoms with Crippen molar-refractivity contribution in [3.63, 3.8) is 0 Å². The first-order valence-corrected chi connectivity index (χ1v) is 11.7. The second kappa shape index (κ2) is 9.18. The number of carbonyl (C=O) groups excluding carboxylic acids is 1. The van der Waals surface area contributed by atoms with Crippen LogP contribution in [0.1, 0.15) is 56.6 Å². The van der Waals surface area contributed by atoms with Gasteiger partial charge in [-0.05, 0) is 43.9 Å². The van der Waals surface area contributed by atoms with Crippen LogP contribution in [0.15, 0.2) is 39.4 Å². The van der Waals surface area contributed by atoms with Gasteiger partial charge in [0, 0.05) is 29.4 Å². The molecule has 1 aromatic carbocycles. The van der Waals surface area contributed by atoms with E-state index in [0.717, 1.165) is 36.3 Å². The predicted octanol–water partition coefficient (Wildman–Crippen LogP) is 4.24. The maximum Gasteiger partial charge on any atom is 0.257 e. The molecule has 1 aliphatic heterocycles. The van der Waals surface area contributed by atoms with Crippen LogP contribution >= 0.6 is 11.8 Å². The molecular weight excluding hydrogens is 414 g/mol. The Morgan fingerprint density at radius 2 is 2.03 bits per heavy atom. The highest BCUT2D eigenvalue weighted by molar-refractivity contribution is 7.99. The standard InChI is InChI=1S/C23H27N3O4S/c1-4-11-31-23-25-21-20(22(28)26-23)18(19-14(24-21)7-6-8-15(19)27)13-9-10-16(30-5-2)17(12-13)29-3/h9-10,12,18H,4-8,11H2,1-3H3,(H2,24,25,26,28). The van der Waals surface area contributed by atoms with Crippen LogP contribution in [0, 0.1) is 0 Å². The molecule has 0 amide bonds. The van der Waals surface area contributed by atoms with E-state index < -0.39 is 5.92 Å². The van der Waals surface area contributed by atoms with E-state index in [0.29, 0.717) is 46.6 Å². The van der Waals surface area contributed by atoms with Gasteiger partial charge in [-0.3, -0.25) is 9.59 Å². The summed E-state index contributed by atoms with van der Waals surface area (Å²) in [6.07, 6.45) is 3.02.